The van der Waals surface area contributed by atoms with Crippen LogP contribution in [0.15, 0.2) is 48.5 Å². The number of hydrogen-bond donors (Lipinski definition) is 1. The molecule has 0 heterocycles. The van der Waals surface area contributed by atoms with Crippen molar-refractivity contribution in [1.29, 1.82) is 0 Å². The van der Waals surface area contributed by atoms with Gasteiger partial charge in [0, 0.05) is 6.54 Å². The van der Waals surface area contributed by atoms with E-state index in [9.17, 15) is 19.2 Å². The summed E-state index contributed by atoms with van der Waals surface area (Å²) in [5.74, 6) is -1.07. The Balaban J connectivity index is 2.11. The number of methoxy groups -OCH3 is 1. The molecule has 0 saturated heterocycles. The fraction of sp³-hybridized carbons (Fsp3) is 0.448. The Bertz CT molecular complexity index is 1150. The molecule has 0 saturated carbocycles. The molecule has 10 heteroatoms. The molecule has 2 aromatic carbocycles. The summed E-state index contributed by atoms with van der Waals surface area (Å²) in [6.45, 7) is 10.3. The van der Waals surface area contributed by atoms with Crippen LogP contribution in [0, 0.1) is 10.8 Å². The number of carbonyl (C=O) groups is 4. The minimum absolute atomic E-state index is 0.0561. The van der Waals surface area contributed by atoms with Gasteiger partial charge in [0.05, 0.1) is 17.9 Å². The predicted octanol–water partition coefficient (Wildman–Crippen LogP) is 4.48. The summed E-state index contributed by atoms with van der Waals surface area (Å²) < 4.78 is 26.1. The van der Waals surface area contributed by atoms with E-state index in [1.807, 2.05) is 0 Å². The van der Waals surface area contributed by atoms with Crippen LogP contribution < -0.4 is 19.5 Å². The van der Waals surface area contributed by atoms with Gasteiger partial charge in [-0.05, 0) is 77.8 Å². The SMILES string of the molecule is COC(=O)[C@H](Cc1ccc(OC(=O)C(C)(C)C)c(OC(=O)C(C)(C)C)c1)NCCOC(=O)Oc1ccccc1. The highest BCUT2D eigenvalue weighted by molar-refractivity contribution is 5.81. The van der Waals surface area contributed by atoms with Crippen LogP contribution in [0.2, 0.25) is 0 Å². The summed E-state index contributed by atoms with van der Waals surface area (Å²) in [7, 11) is 1.26. The van der Waals surface area contributed by atoms with E-state index in [2.05, 4.69) is 5.32 Å². The van der Waals surface area contributed by atoms with Crippen LogP contribution in [0.1, 0.15) is 47.1 Å². The van der Waals surface area contributed by atoms with Gasteiger partial charge >= 0.3 is 24.1 Å². The van der Waals surface area contributed by atoms with Crippen LogP contribution in [0.3, 0.4) is 0 Å². The van der Waals surface area contributed by atoms with Gasteiger partial charge in [-0.15, -0.1) is 0 Å². The average Bonchev–Trinajstić information content (AvgIpc) is 2.86. The van der Waals surface area contributed by atoms with Crippen LogP contribution in [0.5, 0.6) is 17.2 Å². The first-order valence-corrected chi connectivity index (χ1v) is 12.5. The Kier molecular flexibility index (Phi) is 11.0. The first kappa shape index (κ1) is 31.3. The van der Waals surface area contributed by atoms with E-state index in [1.165, 1.54) is 13.2 Å². The van der Waals surface area contributed by atoms with E-state index in [4.69, 9.17) is 23.7 Å². The zero-order valence-corrected chi connectivity index (χ0v) is 23.5. The minimum atomic E-state index is -0.872. The maximum absolute atomic E-state index is 12.6. The number of nitrogens with one attached hydrogen (secondary N) is 1. The van der Waals surface area contributed by atoms with Gasteiger partial charge in [-0.1, -0.05) is 24.3 Å². The number of carbonyl (C=O) groups excluding carboxylic acids is 4. The van der Waals surface area contributed by atoms with E-state index in [-0.39, 0.29) is 31.1 Å². The molecule has 1 N–H and O–H groups in total. The topological polar surface area (TPSA) is 126 Å². The van der Waals surface area contributed by atoms with E-state index in [1.54, 1.807) is 84.0 Å². The molecule has 39 heavy (non-hydrogen) atoms. The molecule has 10 nitrogen and oxygen atoms in total. The molecule has 2 rings (SSSR count). The molecule has 0 aromatic heterocycles. The van der Waals surface area contributed by atoms with Crippen molar-refractivity contribution in [1.82, 2.24) is 5.32 Å². The summed E-state index contributed by atoms with van der Waals surface area (Å²) in [6.07, 6.45) is -0.724. The van der Waals surface area contributed by atoms with E-state index >= 15 is 0 Å². The lowest BCUT2D eigenvalue weighted by Crippen LogP contribution is -2.41. The van der Waals surface area contributed by atoms with Gasteiger partial charge in [0.1, 0.15) is 18.4 Å². The molecule has 212 valence electrons. The maximum atomic E-state index is 12.6. The third kappa shape index (κ3) is 10.4. The molecule has 2 aromatic rings. The summed E-state index contributed by atoms with van der Waals surface area (Å²) in [5.41, 5.74) is -0.979. The fourth-order valence-electron chi connectivity index (χ4n) is 2.95. The smallest absolute Gasteiger partial charge is 0.468 e. The molecule has 0 aliphatic carbocycles. The maximum Gasteiger partial charge on any atom is 0.513 e. The van der Waals surface area contributed by atoms with Crippen molar-refractivity contribution in [3.05, 3.63) is 54.1 Å². The van der Waals surface area contributed by atoms with Crippen LogP contribution in [0.25, 0.3) is 0 Å². The predicted molar refractivity (Wildman–Crippen MR) is 143 cm³/mol. The van der Waals surface area contributed by atoms with Gasteiger partial charge in [0.15, 0.2) is 11.5 Å². The van der Waals surface area contributed by atoms with Crippen molar-refractivity contribution in [2.45, 2.75) is 54.0 Å². The molecule has 0 amide bonds. The normalized spacial score (nSPS) is 12.2. The van der Waals surface area contributed by atoms with Crippen LogP contribution in [-0.2, 0) is 30.3 Å². The van der Waals surface area contributed by atoms with Gasteiger partial charge in [0.25, 0.3) is 0 Å². The van der Waals surface area contributed by atoms with Crippen molar-refractivity contribution in [3.8, 4) is 17.2 Å². The molecule has 0 aliphatic heterocycles. The Morgan fingerprint density at radius 2 is 1.38 bits per heavy atom. The lowest BCUT2D eigenvalue weighted by Gasteiger charge is -2.21. The molecule has 0 unspecified atom stereocenters. The van der Waals surface area contributed by atoms with Crippen molar-refractivity contribution in [2.24, 2.45) is 10.8 Å². The number of para-hydroxylation sites is 1. The Labute approximate surface area is 228 Å². The average molecular weight is 544 g/mol. The van der Waals surface area contributed by atoms with Gasteiger partial charge in [-0.3, -0.25) is 14.4 Å². The zero-order valence-electron chi connectivity index (χ0n) is 23.5. The quantitative estimate of drug-likeness (QED) is 0.198. The summed E-state index contributed by atoms with van der Waals surface area (Å²) >= 11 is 0. The second kappa shape index (κ2) is 13.7. The third-order valence-corrected chi connectivity index (χ3v) is 5.22. The molecule has 0 spiro atoms. The van der Waals surface area contributed by atoms with Crippen molar-refractivity contribution in [3.63, 3.8) is 0 Å². The number of esters is 3. The number of rotatable bonds is 10. The van der Waals surface area contributed by atoms with Gasteiger partial charge in [-0.2, -0.15) is 0 Å². The van der Waals surface area contributed by atoms with E-state index < -0.39 is 40.9 Å². The largest absolute Gasteiger partial charge is 0.513 e. The molecule has 0 radical (unpaired) electrons. The van der Waals surface area contributed by atoms with E-state index in [0.717, 1.165) is 0 Å². The second-order valence-electron chi connectivity index (χ2n) is 10.8. The summed E-state index contributed by atoms with van der Waals surface area (Å²) in [4.78, 5) is 49.4. The highest BCUT2D eigenvalue weighted by Gasteiger charge is 2.29. The summed E-state index contributed by atoms with van der Waals surface area (Å²) in [6, 6.07) is 12.4. The van der Waals surface area contributed by atoms with Gasteiger partial charge < -0.3 is 29.0 Å². The lowest BCUT2D eigenvalue weighted by atomic mass is 9.97. The Hall–Kier alpha value is -3.92. The van der Waals surface area contributed by atoms with Gasteiger partial charge in [0.2, 0.25) is 0 Å². The lowest BCUT2D eigenvalue weighted by molar-refractivity contribution is -0.145. The Morgan fingerprint density at radius 3 is 1.95 bits per heavy atom. The first-order valence-electron chi connectivity index (χ1n) is 12.5. The van der Waals surface area contributed by atoms with Gasteiger partial charge in [-0.25, -0.2) is 4.79 Å². The molecule has 0 bridgehead atoms. The highest BCUT2D eigenvalue weighted by Crippen LogP contribution is 2.33. The van der Waals surface area contributed by atoms with E-state index in [0.29, 0.717) is 11.3 Å². The van der Waals surface area contributed by atoms with Crippen LogP contribution in [0.4, 0.5) is 4.79 Å². The van der Waals surface area contributed by atoms with Crippen molar-refractivity contribution < 1.29 is 42.9 Å². The molecular formula is C29H37NO9. The van der Waals surface area contributed by atoms with Crippen LogP contribution >= 0.6 is 0 Å². The zero-order chi connectivity index (χ0) is 29.2. The number of hydrogen-bond acceptors (Lipinski definition) is 10. The molecule has 1 atom stereocenters. The second-order valence-corrected chi connectivity index (χ2v) is 10.8. The number of ether oxygens (including phenoxy) is 5. The Morgan fingerprint density at radius 1 is 0.795 bits per heavy atom. The number of benzene rings is 2. The van der Waals surface area contributed by atoms with Crippen molar-refractivity contribution in [2.75, 3.05) is 20.3 Å². The molecule has 0 fully saturated rings. The minimum Gasteiger partial charge on any atom is -0.468 e. The fourth-order valence-corrected chi connectivity index (χ4v) is 2.95. The molecular weight excluding hydrogens is 506 g/mol. The van der Waals surface area contributed by atoms with Crippen LogP contribution in [-0.4, -0.2) is 50.4 Å². The highest BCUT2D eigenvalue weighted by atomic mass is 16.7. The molecule has 0 aliphatic rings. The van der Waals surface area contributed by atoms with Crippen molar-refractivity contribution >= 4 is 24.1 Å². The first-order chi connectivity index (χ1) is 18.2. The standard InChI is InChI=1S/C29H37NO9/c1-28(2,3)25(32)38-22-14-13-19(18-23(22)39-26(33)29(4,5)6)17-21(24(31)35-7)30-15-16-36-27(34)37-20-11-9-8-10-12-20/h8-14,18,21,30H,15-17H2,1-7H3/t21-/m0/s1. The summed E-state index contributed by atoms with van der Waals surface area (Å²) in [5, 5.41) is 2.99. The monoisotopic (exact) mass is 543 g/mol. The third-order valence-electron chi connectivity index (χ3n) is 5.22.